The number of hydrogen-bond acceptors (Lipinski definition) is 2. The molecule has 0 fully saturated rings. The minimum Gasteiger partial charge on any atom is -0.356 e. The Hall–Kier alpha value is -0.300. The Labute approximate surface area is 144 Å². The average molecular weight is 409 g/mol. The zero-order valence-electron chi connectivity index (χ0n) is 13.1. The zero-order chi connectivity index (χ0) is 14.3. The second-order valence-corrected chi connectivity index (χ2v) is 6.55. The molecule has 1 rings (SSSR count). The van der Waals surface area contributed by atoms with Crippen molar-refractivity contribution >= 4 is 41.3 Å². The van der Waals surface area contributed by atoms with Crippen molar-refractivity contribution in [3.63, 3.8) is 0 Å². The number of nitrogens with one attached hydrogen (secondary N) is 2. The van der Waals surface area contributed by atoms with E-state index in [9.17, 15) is 0 Å². The number of rotatable bonds is 6. The van der Waals surface area contributed by atoms with Crippen molar-refractivity contribution in [1.29, 1.82) is 0 Å². The molecule has 1 heterocycles. The smallest absolute Gasteiger partial charge is 0.191 e. The molecular weight excluding hydrogens is 381 g/mol. The first-order valence-electron chi connectivity index (χ1n) is 7.02. The van der Waals surface area contributed by atoms with Crippen LogP contribution in [0.15, 0.2) is 22.5 Å². The van der Waals surface area contributed by atoms with Crippen molar-refractivity contribution in [1.82, 2.24) is 10.6 Å². The normalized spacial score (nSPS) is 14.6. The Morgan fingerprint density at radius 2 is 2.00 bits per heavy atom. The monoisotopic (exact) mass is 409 g/mol. The summed E-state index contributed by atoms with van der Waals surface area (Å²) in [6.45, 7) is 9.83. The lowest BCUT2D eigenvalue weighted by Gasteiger charge is -2.22. The Morgan fingerprint density at radius 3 is 2.50 bits per heavy atom. The summed E-state index contributed by atoms with van der Waals surface area (Å²) in [6.07, 6.45) is 1.13. The predicted molar refractivity (Wildman–Crippen MR) is 101 cm³/mol. The molecule has 20 heavy (non-hydrogen) atoms. The first kappa shape index (κ1) is 19.7. The van der Waals surface area contributed by atoms with Gasteiger partial charge in [-0.3, -0.25) is 4.99 Å². The molecule has 0 saturated heterocycles. The summed E-state index contributed by atoms with van der Waals surface area (Å²) >= 11 is 1.83. The Morgan fingerprint density at radius 1 is 1.30 bits per heavy atom. The number of halogens is 1. The van der Waals surface area contributed by atoms with Crippen LogP contribution in [0.2, 0.25) is 0 Å². The summed E-state index contributed by atoms with van der Waals surface area (Å²) in [5, 5.41) is 8.97. The van der Waals surface area contributed by atoms with Crippen LogP contribution in [0.1, 0.15) is 32.6 Å². The fourth-order valence-corrected chi connectivity index (χ4v) is 2.56. The summed E-state index contributed by atoms with van der Waals surface area (Å²) in [4.78, 5) is 5.73. The van der Waals surface area contributed by atoms with Gasteiger partial charge in [0.05, 0.1) is 0 Å². The highest BCUT2D eigenvalue weighted by Gasteiger charge is 2.10. The molecule has 0 radical (unpaired) electrons. The Balaban J connectivity index is 0.00000361. The molecule has 2 atom stereocenters. The van der Waals surface area contributed by atoms with Crippen LogP contribution < -0.4 is 10.6 Å². The fraction of sp³-hybridized carbons (Fsp3) is 0.667. The lowest BCUT2D eigenvalue weighted by atomic mass is 10.1. The molecule has 0 aliphatic heterocycles. The van der Waals surface area contributed by atoms with E-state index in [0.29, 0.717) is 17.9 Å². The van der Waals surface area contributed by atoms with Crippen LogP contribution in [-0.4, -0.2) is 25.6 Å². The standard InChI is InChI=1S/C15H27N3S.HI/c1-11(2)13(4)18-15(16-5)17-10-12(3)9-14-7-6-8-19-14;/h6-8,11-13H,9-10H2,1-5H3,(H2,16,17,18);1H. The highest BCUT2D eigenvalue weighted by Crippen LogP contribution is 2.13. The van der Waals surface area contributed by atoms with E-state index in [1.807, 2.05) is 18.4 Å². The van der Waals surface area contributed by atoms with E-state index in [2.05, 4.69) is 60.8 Å². The lowest BCUT2D eigenvalue weighted by Crippen LogP contribution is -2.45. The third-order valence-electron chi connectivity index (χ3n) is 3.34. The van der Waals surface area contributed by atoms with Crippen LogP contribution >= 0.6 is 35.3 Å². The van der Waals surface area contributed by atoms with Gasteiger partial charge in [0.2, 0.25) is 0 Å². The summed E-state index contributed by atoms with van der Waals surface area (Å²) < 4.78 is 0. The average Bonchev–Trinajstić information content (AvgIpc) is 2.86. The maximum absolute atomic E-state index is 4.28. The third-order valence-corrected chi connectivity index (χ3v) is 4.23. The maximum Gasteiger partial charge on any atom is 0.191 e. The van der Waals surface area contributed by atoms with Crippen LogP contribution in [-0.2, 0) is 6.42 Å². The SMILES string of the molecule is CN=C(NCC(C)Cc1cccs1)NC(C)C(C)C.I. The molecule has 3 nitrogen and oxygen atoms in total. The molecule has 116 valence electrons. The van der Waals surface area contributed by atoms with Gasteiger partial charge in [-0.1, -0.05) is 26.8 Å². The van der Waals surface area contributed by atoms with Crippen LogP contribution in [0.4, 0.5) is 0 Å². The number of nitrogens with zero attached hydrogens (tertiary/aromatic N) is 1. The Bertz CT molecular complexity index is 376. The molecule has 0 saturated carbocycles. The number of aliphatic imine (C=N–C) groups is 1. The van der Waals surface area contributed by atoms with E-state index >= 15 is 0 Å². The maximum atomic E-state index is 4.28. The molecule has 5 heteroatoms. The molecule has 1 aromatic heterocycles. The van der Waals surface area contributed by atoms with Gasteiger partial charge in [-0.25, -0.2) is 0 Å². The summed E-state index contributed by atoms with van der Waals surface area (Å²) in [5.41, 5.74) is 0. The van der Waals surface area contributed by atoms with Crippen LogP contribution in [0.3, 0.4) is 0 Å². The van der Waals surface area contributed by atoms with E-state index in [1.165, 1.54) is 4.88 Å². The number of thiophene rings is 1. The second kappa shape index (κ2) is 10.4. The van der Waals surface area contributed by atoms with E-state index in [4.69, 9.17) is 0 Å². The molecule has 0 amide bonds. The van der Waals surface area contributed by atoms with E-state index in [1.54, 1.807) is 0 Å². The van der Waals surface area contributed by atoms with Crippen molar-refractivity contribution in [3.05, 3.63) is 22.4 Å². The third kappa shape index (κ3) is 7.47. The van der Waals surface area contributed by atoms with Crippen LogP contribution in [0.5, 0.6) is 0 Å². The van der Waals surface area contributed by atoms with Crippen LogP contribution in [0.25, 0.3) is 0 Å². The van der Waals surface area contributed by atoms with E-state index in [-0.39, 0.29) is 24.0 Å². The van der Waals surface area contributed by atoms with Gasteiger partial charge in [0.15, 0.2) is 5.96 Å². The highest BCUT2D eigenvalue weighted by atomic mass is 127. The van der Waals surface area contributed by atoms with E-state index < -0.39 is 0 Å². The number of hydrogen-bond donors (Lipinski definition) is 2. The molecule has 0 aromatic carbocycles. The van der Waals surface area contributed by atoms with Crippen molar-refractivity contribution in [3.8, 4) is 0 Å². The lowest BCUT2D eigenvalue weighted by molar-refractivity contribution is 0.475. The topological polar surface area (TPSA) is 36.4 Å². The van der Waals surface area contributed by atoms with Crippen LogP contribution in [0, 0.1) is 11.8 Å². The van der Waals surface area contributed by atoms with Gasteiger partial charge in [0.25, 0.3) is 0 Å². The summed E-state index contributed by atoms with van der Waals surface area (Å²) in [7, 11) is 1.83. The zero-order valence-corrected chi connectivity index (χ0v) is 16.3. The molecule has 0 spiro atoms. The molecule has 0 aliphatic carbocycles. The number of guanidine groups is 1. The van der Waals surface area contributed by atoms with Crippen molar-refractivity contribution in [2.45, 2.75) is 40.2 Å². The summed E-state index contributed by atoms with van der Waals surface area (Å²) in [5.74, 6) is 2.10. The van der Waals surface area contributed by atoms with Gasteiger partial charge in [-0.15, -0.1) is 35.3 Å². The Kier molecular flexibility index (Phi) is 10.3. The second-order valence-electron chi connectivity index (χ2n) is 5.52. The molecular formula is C15H28IN3S. The minimum atomic E-state index is 0. The van der Waals surface area contributed by atoms with Gasteiger partial charge in [-0.05, 0) is 36.6 Å². The van der Waals surface area contributed by atoms with Crippen molar-refractivity contribution in [2.75, 3.05) is 13.6 Å². The van der Waals surface area contributed by atoms with Gasteiger partial charge in [-0.2, -0.15) is 0 Å². The van der Waals surface area contributed by atoms with Crippen molar-refractivity contribution < 1.29 is 0 Å². The molecule has 1 aromatic rings. The fourth-order valence-electron chi connectivity index (χ4n) is 1.69. The first-order valence-corrected chi connectivity index (χ1v) is 7.90. The van der Waals surface area contributed by atoms with Crippen molar-refractivity contribution in [2.24, 2.45) is 16.8 Å². The largest absolute Gasteiger partial charge is 0.356 e. The molecule has 2 unspecified atom stereocenters. The van der Waals surface area contributed by atoms with Gasteiger partial charge < -0.3 is 10.6 Å². The van der Waals surface area contributed by atoms with Gasteiger partial charge in [0.1, 0.15) is 0 Å². The predicted octanol–water partition coefficient (Wildman–Crippen LogP) is 3.75. The highest BCUT2D eigenvalue weighted by molar-refractivity contribution is 14.0. The summed E-state index contributed by atoms with van der Waals surface area (Å²) in [6, 6.07) is 4.75. The minimum absolute atomic E-state index is 0. The molecule has 0 aliphatic rings. The first-order chi connectivity index (χ1) is 9.02. The van der Waals surface area contributed by atoms with Gasteiger partial charge >= 0.3 is 0 Å². The van der Waals surface area contributed by atoms with E-state index in [0.717, 1.165) is 18.9 Å². The quantitative estimate of drug-likeness (QED) is 0.427. The molecule has 2 N–H and O–H groups in total. The van der Waals surface area contributed by atoms with Gasteiger partial charge in [0, 0.05) is 24.5 Å². The molecule has 0 bridgehead atoms.